The van der Waals surface area contributed by atoms with E-state index in [9.17, 15) is 4.79 Å². The number of carbonyl (C=O) groups excluding carboxylic acids is 1. The molecule has 0 radical (unpaired) electrons. The van der Waals surface area contributed by atoms with E-state index < -0.39 is 0 Å². The normalized spacial score (nSPS) is 12.2. The highest BCUT2D eigenvalue weighted by molar-refractivity contribution is 5.78. The second-order valence-corrected chi connectivity index (χ2v) is 4.78. The van der Waals surface area contributed by atoms with Crippen molar-refractivity contribution in [3.63, 3.8) is 0 Å². The summed E-state index contributed by atoms with van der Waals surface area (Å²) < 4.78 is 0. The molecule has 0 saturated heterocycles. The Hall–Kier alpha value is -1.35. The standard InChI is InChI=1S/C15H24N2O/c1-4-9-16-11-15(18)17-13(3)10-14-8-6-5-7-12(14)2/h5-8,13,16H,4,9-11H2,1-3H3,(H,17,18). The van der Waals surface area contributed by atoms with E-state index in [2.05, 4.69) is 36.6 Å². The Morgan fingerprint density at radius 3 is 2.72 bits per heavy atom. The third kappa shape index (κ3) is 5.32. The average Bonchev–Trinajstić information content (AvgIpc) is 2.32. The van der Waals surface area contributed by atoms with E-state index in [0.29, 0.717) is 6.54 Å². The number of amides is 1. The van der Waals surface area contributed by atoms with E-state index in [1.54, 1.807) is 0 Å². The van der Waals surface area contributed by atoms with Gasteiger partial charge in [0, 0.05) is 6.04 Å². The number of hydrogen-bond acceptors (Lipinski definition) is 2. The Balaban J connectivity index is 2.35. The van der Waals surface area contributed by atoms with Crippen LogP contribution in [0.1, 0.15) is 31.4 Å². The third-order valence-electron chi connectivity index (χ3n) is 2.91. The van der Waals surface area contributed by atoms with Crippen LogP contribution >= 0.6 is 0 Å². The molecule has 0 bridgehead atoms. The summed E-state index contributed by atoms with van der Waals surface area (Å²) in [6.07, 6.45) is 1.93. The number of aryl methyl sites for hydroxylation is 1. The van der Waals surface area contributed by atoms with E-state index in [1.165, 1.54) is 11.1 Å². The number of hydrogen-bond donors (Lipinski definition) is 2. The van der Waals surface area contributed by atoms with E-state index in [-0.39, 0.29) is 11.9 Å². The molecular formula is C15H24N2O. The van der Waals surface area contributed by atoms with Crippen LogP contribution in [0.5, 0.6) is 0 Å². The van der Waals surface area contributed by atoms with Gasteiger partial charge in [-0.1, -0.05) is 31.2 Å². The first kappa shape index (κ1) is 14.7. The minimum absolute atomic E-state index is 0.0736. The zero-order valence-electron chi connectivity index (χ0n) is 11.6. The molecule has 0 aliphatic heterocycles. The lowest BCUT2D eigenvalue weighted by Gasteiger charge is -2.15. The highest BCUT2D eigenvalue weighted by Crippen LogP contribution is 2.09. The van der Waals surface area contributed by atoms with Gasteiger partial charge >= 0.3 is 0 Å². The van der Waals surface area contributed by atoms with Gasteiger partial charge in [-0.2, -0.15) is 0 Å². The fourth-order valence-electron chi connectivity index (χ4n) is 1.92. The molecule has 0 aliphatic carbocycles. The lowest BCUT2D eigenvalue weighted by Crippen LogP contribution is -2.40. The number of nitrogens with one attached hydrogen (secondary N) is 2. The molecule has 1 unspecified atom stereocenters. The van der Waals surface area contributed by atoms with Gasteiger partial charge in [-0.3, -0.25) is 4.79 Å². The van der Waals surface area contributed by atoms with Crippen molar-refractivity contribution < 1.29 is 4.79 Å². The average molecular weight is 248 g/mol. The van der Waals surface area contributed by atoms with Crippen molar-refractivity contribution in [3.8, 4) is 0 Å². The molecule has 2 N–H and O–H groups in total. The van der Waals surface area contributed by atoms with Crippen molar-refractivity contribution in [2.24, 2.45) is 0 Å². The van der Waals surface area contributed by atoms with Crippen molar-refractivity contribution in [2.45, 2.75) is 39.7 Å². The quantitative estimate of drug-likeness (QED) is 0.725. The second kappa shape index (κ2) is 7.88. The molecule has 18 heavy (non-hydrogen) atoms. The molecule has 1 rings (SSSR count). The molecule has 3 heteroatoms. The van der Waals surface area contributed by atoms with Gasteiger partial charge in [0.2, 0.25) is 5.91 Å². The van der Waals surface area contributed by atoms with Crippen molar-refractivity contribution in [3.05, 3.63) is 35.4 Å². The molecule has 0 heterocycles. The maximum Gasteiger partial charge on any atom is 0.234 e. The highest BCUT2D eigenvalue weighted by atomic mass is 16.1. The summed E-state index contributed by atoms with van der Waals surface area (Å²) in [5.41, 5.74) is 2.58. The predicted octanol–water partition coefficient (Wildman–Crippen LogP) is 2.04. The van der Waals surface area contributed by atoms with Gasteiger partial charge in [0.25, 0.3) is 0 Å². The summed E-state index contributed by atoms with van der Waals surface area (Å²) in [5, 5.41) is 6.12. The van der Waals surface area contributed by atoms with E-state index in [4.69, 9.17) is 0 Å². The number of benzene rings is 1. The van der Waals surface area contributed by atoms with Gasteiger partial charge in [-0.05, 0) is 44.4 Å². The summed E-state index contributed by atoms with van der Waals surface area (Å²) in [6, 6.07) is 8.47. The van der Waals surface area contributed by atoms with Gasteiger partial charge < -0.3 is 10.6 Å². The third-order valence-corrected chi connectivity index (χ3v) is 2.91. The Kier molecular flexibility index (Phi) is 6.44. The number of carbonyl (C=O) groups is 1. The molecule has 100 valence electrons. The van der Waals surface area contributed by atoms with E-state index in [0.717, 1.165) is 19.4 Å². The lowest BCUT2D eigenvalue weighted by atomic mass is 10.0. The molecule has 0 saturated carbocycles. The van der Waals surface area contributed by atoms with Crippen LogP contribution in [0.2, 0.25) is 0 Å². The topological polar surface area (TPSA) is 41.1 Å². The molecular weight excluding hydrogens is 224 g/mol. The maximum atomic E-state index is 11.6. The first-order chi connectivity index (χ1) is 8.63. The van der Waals surface area contributed by atoms with Crippen LogP contribution in [0, 0.1) is 6.92 Å². The van der Waals surface area contributed by atoms with Gasteiger partial charge in [-0.15, -0.1) is 0 Å². The Morgan fingerprint density at radius 2 is 2.06 bits per heavy atom. The molecule has 0 aliphatic rings. The minimum Gasteiger partial charge on any atom is -0.352 e. The Bertz CT molecular complexity index is 377. The zero-order valence-corrected chi connectivity index (χ0v) is 11.6. The summed E-state index contributed by atoms with van der Waals surface area (Å²) in [7, 11) is 0. The van der Waals surface area contributed by atoms with Crippen LogP contribution in [0.4, 0.5) is 0 Å². The highest BCUT2D eigenvalue weighted by Gasteiger charge is 2.08. The molecule has 1 atom stereocenters. The zero-order chi connectivity index (χ0) is 13.4. The Morgan fingerprint density at radius 1 is 1.33 bits per heavy atom. The first-order valence-electron chi connectivity index (χ1n) is 6.68. The molecule has 1 aromatic carbocycles. The fraction of sp³-hybridized carbons (Fsp3) is 0.533. The van der Waals surface area contributed by atoms with Crippen LogP contribution in [-0.4, -0.2) is 25.0 Å². The van der Waals surface area contributed by atoms with Crippen LogP contribution < -0.4 is 10.6 Å². The summed E-state index contributed by atoms with van der Waals surface area (Å²) in [5.74, 6) is 0.0736. The van der Waals surface area contributed by atoms with E-state index in [1.807, 2.05) is 19.1 Å². The van der Waals surface area contributed by atoms with Crippen molar-refractivity contribution >= 4 is 5.91 Å². The van der Waals surface area contributed by atoms with Gasteiger partial charge in [-0.25, -0.2) is 0 Å². The molecule has 0 spiro atoms. The van der Waals surface area contributed by atoms with Crippen LogP contribution in [0.25, 0.3) is 0 Å². The molecule has 1 aromatic rings. The van der Waals surface area contributed by atoms with Crippen LogP contribution in [0.3, 0.4) is 0 Å². The van der Waals surface area contributed by atoms with Gasteiger partial charge in [0.15, 0.2) is 0 Å². The van der Waals surface area contributed by atoms with Crippen molar-refractivity contribution in [1.82, 2.24) is 10.6 Å². The van der Waals surface area contributed by atoms with Crippen molar-refractivity contribution in [2.75, 3.05) is 13.1 Å². The molecule has 3 nitrogen and oxygen atoms in total. The second-order valence-electron chi connectivity index (χ2n) is 4.78. The lowest BCUT2D eigenvalue weighted by molar-refractivity contribution is -0.120. The SMILES string of the molecule is CCCNCC(=O)NC(C)Cc1ccccc1C. The minimum atomic E-state index is 0.0736. The monoisotopic (exact) mass is 248 g/mol. The predicted molar refractivity (Wildman–Crippen MR) is 75.6 cm³/mol. The molecule has 1 amide bonds. The van der Waals surface area contributed by atoms with E-state index >= 15 is 0 Å². The van der Waals surface area contributed by atoms with Gasteiger partial charge in [0.1, 0.15) is 0 Å². The van der Waals surface area contributed by atoms with Crippen LogP contribution in [0.15, 0.2) is 24.3 Å². The Labute approximate surface area is 110 Å². The summed E-state index contributed by atoms with van der Waals surface area (Å²) in [4.78, 5) is 11.6. The largest absolute Gasteiger partial charge is 0.352 e. The maximum absolute atomic E-state index is 11.6. The fourth-order valence-corrected chi connectivity index (χ4v) is 1.92. The van der Waals surface area contributed by atoms with Crippen molar-refractivity contribution in [1.29, 1.82) is 0 Å². The number of rotatable bonds is 7. The van der Waals surface area contributed by atoms with Gasteiger partial charge in [0.05, 0.1) is 6.54 Å². The summed E-state index contributed by atoms with van der Waals surface area (Å²) >= 11 is 0. The molecule has 0 fully saturated rings. The first-order valence-corrected chi connectivity index (χ1v) is 6.68. The summed E-state index contributed by atoms with van der Waals surface area (Å²) in [6.45, 7) is 7.54. The van der Waals surface area contributed by atoms with Crippen LogP contribution in [-0.2, 0) is 11.2 Å². The molecule has 0 aromatic heterocycles. The smallest absolute Gasteiger partial charge is 0.234 e.